The van der Waals surface area contributed by atoms with E-state index < -0.39 is 27.0 Å². The monoisotopic (exact) mass is 437 g/mol. The van der Waals surface area contributed by atoms with Gasteiger partial charge >= 0.3 is 6.36 Å². The zero-order valence-corrected chi connectivity index (χ0v) is 16.7. The number of rotatable bonds is 4. The highest BCUT2D eigenvalue weighted by molar-refractivity contribution is 7.89. The van der Waals surface area contributed by atoms with E-state index in [1.807, 2.05) is 18.2 Å². The number of fused-ring (bicyclic) bond motifs is 1. The molecule has 30 heavy (non-hydrogen) atoms. The van der Waals surface area contributed by atoms with Gasteiger partial charge in [-0.05, 0) is 28.8 Å². The van der Waals surface area contributed by atoms with Gasteiger partial charge in [0.1, 0.15) is 10.6 Å². The van der Waals surface area contributed by atoms with Gasteiger partial charge in [0.05, 0.1) is 6.20 Å². The van der Waals surface area contributed by atoms with Gasteiger partial charge in [0.25, 0.3) is 0 Å². The highest BCUT2D eigenvalue weighted by Gasteiger charge is 2.38. The summed E-state index contributed by atoms with van der Waals surface area (Å²) in [7, 11) is -2.50. The average molecular weight is 437 g/mol. The minimum absolute atomic E-state index is 0.0512. The van der Waals surface area contributed by atoms with Crippen molar-refractivity contribution in [2.45, 2.75) is 23.7 Å². The number of alkyl halides is 3. The van der Waals surface area contributed by atoms with Gasteiger partial charge in [0.15, 0.2) is 0 Å². The van der Waals surface area contributed by atoms with Crippen LogP contribution in [-0.2, 0) is 23.6 Å². The van der Waals surface area contributed by atoms with Gasteiger partial charge in [-0.2, -0.15) is 9.40 Å². The van der Waals surface area contributed by atoms with Crippen molar-refractivity contribution in [3.63, 3.8) is 0 Å². The molecule has 2 aromatic carbocycles. The lowest BCUT2D eigenvalue weighted by Gasteiger charge is -2.34. The summed E-state index contributed by atoms with van der Waals surface area (Å²) in [5.41, 5.74) is 2.58. The molecule has 0 fully saturated rings. The van der Waals surface area contributed by atoms with Gasteiger partial charge in [-0.3, -0.25) is 4.68 Å². The van der Waals surface area contributed by atoms with Crippen LogP contribution in [0.1, 0.15) is 22.6 Å². The van der Waals surface area contributed by atoms with E-state index in [9.17, 15) is 21.6 Å². The molecule has 4 rings (SSSR count). The molecular formula is C20H18F3N3O3S. The van der Waals surface area contributed by atoms with Gasteiger partial charge in [-0.1, -0.05) is 36.4 Å². The normalized spacial score (nSPS) is 17.5. The van der Waals surface area contributed by atoms with Crippen LogP contribution in [0.15, 0.2) is 65.8 Å². The van der Waals surface area contributed by atoms with Crippen LogP contribution in [0.2, 0.25) is 0 Å². The lowest BCUT2D eigenvalue weighted by Crippen LogP contribution is -2.38. The Labute approximate surface area is 171 Å². The van der Waals surface area contributed by atoms with Crippen LogP contribution >= 0.6 is 0 Å². The number of aryl methyl sites for hydroxylation is 1. The number of hydrogen-bond donors (Lipinski definition) is 0. The molecule has 0 saturated heterocycles. The molecule has 1 atom stereocenters. The minimum Gasteiger partial charge on any atom is -0.404 e. The van der Waals surface area contributed by atoms with E-state index in [0.29, 0.717) is 0 Å². The van der Waals surface area contributed by atoms with Crippen molar-refractivity contribution in [2.24, 2.45) is 7.05 Å². The first-order chi connectivity index (χ1) is 14.1. The van der Waals surface area contributed by atoms with Crippen molar-refractivity contribution >= 4 is 10.0 Å². The predicted molar refractivity (Wildman–Crippen MR) is 102 cm³/mol. The Hall–Kier alpha value is -2.85. The highest BCUT2D eigenvalue weighted by Crippen LogP contribution is 2.38. The molecule has 0 bridgehead atoms. The van der Waals surface area contributed by atoms with E-state index in [2.05, 4.69) is 9.84 Å². The Morgan fingerprint density at radius 1 is 1.10 bits per heavy atom. The summed E-state index contributed by atoms with van der Waals surface area (Å²) in [5.74, 6) is -1.05. The molecule has 1 aliphatic rings. The summed E-state index contributed by atoms with van der Waals surface area (Å²) >= 11 is 0. The molecule has 158 valence electrons. The summed E-state index contributed by atoms with van der Waals surface area (Å²) in [6.45, 7) is 0.126. The van der Waals surface area contributed by atoms with Crippen LogP contribution in [-0.4, -0.2) is 35.4 Å². The van der Waals surface area contributed by atoms with E-state index in [-0.39, 0.29) is 19.0 Å². The molecule has 6 nitrogen and oxygen atoms in total. The third kappa shape index (κ3) is 3.92. The third-order valence-electron chi connectivity index (χ3n) is 4.98. The first-order valence-corrected chi connectivity index (χ1v) is 10.5. The molecule has 2 heterocycles. The molecule has 1 unspecified atom stereocenters. The summed E-state index contributed by atoms with van der Waals surface area (Å²) in [4.78, 5) is -0.522. The lowest BCUT2D eigenvalue weighted by atomic mass is 9.87. The molecule has 1 aliphatic heterocycles. The van der Waals surface area contributed by atoms with Gasteiger partial charge in [-0.15, -0.1) is 13.2 Å². The quantitative estimate of drug-likeness (QED) is 0.625. The number of halogens is 3. The first-order valence-electron chi connectivity index (χ1n) is 9.06. The van der Waals surface area contributed by atoms with E-state index in [4.69, 9.17) is 0 Å². The van der Waals surface area contributed by atoms with Crippen LogP contribution in [0.4, 0.5) is 13.2 Å². The van der Waals surface area contributed by atoms with Crippen LogP contribution < -0.4 is 4.74 Å². The number of sulfonamides is 1. The molecule has 10 heteroatoms. The van der Waals surface area contributed by atoms with Gasteiger partial charge < -0.3 is 4.74 Å². The Morgan fingerprint density at radius 2 is 1.80 bits per heavy atom. The predicted octanol–water partition coefficient (Wildman–Crippen LogP) is 3.66. The second kappa shape index (κ2) is 7.44. The largest absolute Gasteiger partial charge is 0.573 e. The topological polar surface area (TPSA) is 64.4 Å². The summed E-state index contributed by atoms with van der Waals surface area (Å²) < 4.78 is 71.9. The molecule has 3 aromatic rings. The Kier molecular flexibility index (Phi) is 5.07. The maximum absolute atomic E-state index is 13.3. The van der Waals surface area contributed by atoms with Gasteiger partial charge in [0, 0.05) is 32.3 Å². The van der Waals surface area contributed by atoms with E-state index in [0.717, 1.165) is 28.8 Å². The molecule has 0 spiro atoms. The summed E-state index contributed by atoms with van der Waals surface area (Å²) in [5, 5.41) is 4.17. The fourth-order valence-electron chi connectivity index (χ4n) is 3.67. The maximum atomic E-state index is 13.3. The molecule has 0 amide bonds. The number of ether oxygens (including phenoxy) is 1. The number of para-hydroxylation sites is 1. The Balaban J connectivity index is 1.76. The maximum Gasteiger partial charge on any atom is 0.573 e. The van der Waals surface area contributed by atoms with Crippen molar-refractivity contribution < 1.29 is 26.3 Å². The van der Waals surface area contributed by atoms with Crippen molar-refractivity contribution in [1.29, 1.82) is 0 Å². The van der Waals surface area contributed by atoms with Crippen LogP contribution in [0.3, 0.4) is 0 Å². The second-order valence-electron chi connectivity index (χ2n) is 6.99. The van der Waals surface area contributed by atoms with E-state index in [1.54, 1.807) is 30.2 Å². The minimum atomic E-state index is -5.00. The number of benzene rings is 2. The van der Waals surface area contributed by atoms with Crippen molar-refractivity contribution in [3.05, 3.63) is 77.6 Å². The number of aromatic nitrogens is 2. The molecular weight excluding hydrogens is 419 g/mol. The van der Waals surface area contributed by atoms with E-state index >= 15 is 0 Å². The van der Waals surface area contributed by atoms with Crippen molar-refractivity contribution in [3.8, 4) is 5.75 Å². The molecule has 0 N–H and O–H groups in total. The van der Waals surface area contributed by atoms with Gasteiger partial charge in [-0.25, -0.2) is 8.42 Å². The summed E-state index contributed by atoms with van der Waals surface area (Å²) in [6, 6.07) is 12.2. The fraction of sp³-hybridized carbons (Fsp3) is 0.250. The summed E-state index contributed by atoms with van der Waals surface area (Å²) in [6.07, 6.45) is -1.53. The highest BCUT2D eigenvalue weighted by atomic mass is 32.2. The van der Waals surface area contributed by atoms with Crippen molar-refractivity contribution in [2.75, 3.05) is 6.54 Å². The number of nitrogens with zero attached hydrogens (tertiary/aromatic N) is 3. The smallest absolute Gasteiger partial charge is 0.404 e. The van der Waals surface area contributed by atoms with Crippen LogP contribution in [0.5, 0.6) is 5.75 Å². The van der Waals surface area contributed by atoms with Crippen LogP contribution in [0, 0.1) is 0 Å². The molecule has 0 saturated carbocycles. The molecule has 1 aromatic heterocycles. The molecule has 0 aliphatic carbocycles. The van der Waals surface area contributed by atoms with Gasteiger partial charge in [0.2, 0.25) is 10.0 Å². The first kappa shape index (κ1) is 20.4. The average Bonchev–Trinajstić information content (AvgIpc) is 3.12. The number of hydrogen-bond acceptors (Lipinski definition) is 4. The Bertz CT molecular complexity index is 1180. The fourth-order valence-corrected chi connectivity index (χ4v) is 5.22. The second-order valence-corrected chi connectivity index (χ2v) is 8.90. The lowest BCUT2D eigenvalue weighted by molar-refractivity contribution is -0.275. The zero-order valence-electron chi connectivity index (χ0n) is 15.9. The van der Waals surface area contributed by atoms with E-state index in [1.165, 1.54) is 16.4 Å². The zero-order chi connectivity index (χ0) is 21.5. The van der Waals surface area contributed by atoms with Crippen LogP contribution in [0.25, 0.3) is 0 Å². The third-order valence-corrected chi connectivity index (χ3v) is 6.83. The molecule has 0 radical (unpaired) electrons. The Morgan fingerprint density at radius 3 is 2.50 bits per heavy atom. The SMILES string of the molecule is Cn1cc(C2CN(S(=O)(=O)c3ccccc3OC(F)(F)F)Cc3ccccc32)cn1. The van der Waals surface area contributed by atoms with Crippen molar-refractivity contribution in [1.82, 2.24) is 14.1 Å². The standard InChI is InChI=1S/C20H18F3N3O3S/c1-25-11-15(10-24-25)17-13-26(12-14-6-2-3-7-16(14)17)30(27,28)19-9-5-4-8-18(19)29-20(21,22)23/h2-11,17H,12-13H2,1H3.